The molecule has 1 aromatic rings. The predicted molar refractivity (Wildman–Crippen MR) is 197 cm³/mol. The molecule has 2 saturated carbocycles. The first kappa shape index (κ1) is 43.0. The second-order valence-corrected chi connectivity index (χ2v) is 17.2. The largest absolute Gasteiger partial charge is 0.456 e. The van der Waals surface area contributed by atoms with Gasteiger partial charge in [0.05, 0.1) is 30.1 Å². The van der Waals surface area contributed by atoms with Gasteiger partial charge in [-0.15, -0.1) is 0 Å². The number of allylic oxidation sites excluding steroid dienone is 1. The third kappa shape index (κ3) is 7.06. The quantitative estimate of drug-likeness (QED) is 0.111. The van der Waals surface area contributed by atoms with Gasteiger partial charge in [0.1, 0.15) is 35.6 Å². The summed E-state index contributed by atoms with van der Waals surface area (Å²) in [4.78, 5) is 68.3. The topological polar surface area (TPSA) is 224 Å². The van der Waals surface area contributed by atoms with Crippen LogP contribution in [0, 0.1) is 16.7 Å². The molecule has 1 aromatic carbocycles. The molecule has 1 saturated heterocycles. The highest BCUT2D eigenvalue weighted by Gasteiger charge is 2.78. The molecule has 5 N–H and O–H groups in total. The maximum absolute atomic E-state index is 14.9. The van der Waals surface area contributed by atoms with Gasteiger partial charge in [0.25, 0.3) is 0 Å². The zero-order valence-electron chi connectivity index (χ0n) is 33.6. The van der Waals surface area contributed by atoms with E-state index in [1.54, 1.807) is 71.9 Å². The van der Waals surface area contributed by atoms with Gasteiger partial charge in [-0.1, -0.05) is 50.3 Å². The van der Waals surface area contributed by atoms with Crippen LogP contribution in [0.2, 0.25) is 0 Å². The number of hydrogen-bond donors (Lipinski definition) is 5. The number of amides is 1. The van der Waals surface area contributed by atoms with Crippen molar-refractivity contribution in [3.8, 4) is 0 Å². The summed E-state index contributed by atoms with van der Waals surface area (Å²) in [7, 11) is 0. The van der Waals surface area contributed by atoms with Crippen molar-refractivity contribution in [1.82, 2.24) is 5.32 Å². The fraction of sp³-hybridized carbons (Fsp3) is 0.634. The number of ketones is 1. The number of Topliss-reactive ketones (excluding diaryl/α,β-unsaturated/α-hetero) is 1. The first-order valence-electron chi connectivity index (χ1n) is 18.8. The molecule has 2 bridgehead atoms. The maximum Gasteiger partial charge on any atom is 0.408 e. The van der Waals surface area contributed by atoms with Crippen LogP contribution in [0.5, 0.6) is 0 Å². The molecule has 0 aromatic heterocycles. The highest BCUT2D eigenvalue weighted by molar-refractivity contribution is 5.94. The number of aliphatic hydroxyl groups excluding tert-OH is 3. The Labute approximate surface area is 326 Å². The van der Waals surface area contributed by atoms with Crippen molar-refractivity contribution in [1.29, 1.82) is 0 Å². The van der Waals surface area contributed by atoms with Crippen LogP contribution >= 0.6 is 0 Å². The lowest BCUT2D eigenvalue weighted by molar-refractivity contribution is -0.347. The fourth-order valence-corrected chi connectivity index (χ4v) is 9.13. The van der Waals surface area contributed by atoms with Crippen molar-refractivity contribution in [3.63, 3.8) is 0 Å². The van der Waals surface area contributed by atoms with E-state index in [0.717, 1.165) is 6.92 Å². The predicted octanol–water partition coefficient (Wildman–Crippen LogP) is 2.91. The molecule has 3 aliphatic carbocycles. The van der Waals surface area contributed by atoms with Crippen LogP contribution < -0.4 is 5.32 Å². The summed E-state index contributed by atoms with van der Waals surface area (Å²) in [5.74, 6) is -5.29. The molecule has 56 heavy (non-hydrogen) atoms. The van der Waals surface area contributed by atoms with Crippen LogP contribution in [0.3, 0.4) is 0 Å². The standard InChI is InChI=1S/C41H55NO14/c1-11-20(2)34(48)54-33-31-39(10,25(44)17-26-40(31,19-52-26)55-22(4)43)32(47)29(45)27-21(3)24(18-41(33,51)38(27,8)9)53-35(49)30(46)28(23-15-13-12-14-16-23)42-36(50)56-37(5,6)7/h11-16,24-26,28-31,33,44-46,51H,17-19H2,1-10H3,(H,42,50)/b20-11+/t24-,25-,26?,28?,29-,30+,31-,33-,39+,40?,41?/m0/s1. The number of carbonyl (C=O) groups excluding carboxylic acids is 5. The van der Waals surface area contributed by atoms with Gasteiger partial charge in [0, 0.05) is 30.8 Å². The zero-order valence-corrected chi connectivity index (χ0v) is 33.6. The van der Waals surface area contributed by atoms with Gasteiger partial charge in [-0.2, -0.15) is 0 Å². The van der Waals surface area contributed by atoms with E-state index in [1.165, 1.54) is 26.8 Å². The Morgan fingerprint density at radius 3 is 2.20 bits per heavy atom. The highest BCUT2D eigenvalue weighted by atomic mass is 16.6. The van der Waals surface area contributed by atoms with Gasteiger partial charge in [0.15, 0.2) is 17.5 Å². The van der Waals surface area contributed by atoms with E-state index in [9.17, 15) is 44.4 Å². The summed E-state index contributed by atoms with van der Waals surface area (Å²) in [5.41, 5.74) is -7.97. The SMILES string of the molecule is C/C=C(\C)C(=O)O[C@H]1[C@@H]2C3(OC(C)=O)COC3C[C@H](O)[C@@]2(C)C(=O)[C@@H](O)C2=C(C)[C@@H](OC(=O)[C@H](O)C(NC(=O)OC(C)(C)C)c3ccccc3)CC1(O)C2(C)C. The summed E-state index contributed by atoms with van der Waals surface area (Å²) in [5, 5.41) is 51.3. The Bertz CT molecular complexity index is 1810. The van der Waals surface area contributed by atoms with Crippen LogP contribution in [-0.4, -0.2) is 110 Å². The van der Waals surface area contributed by atoms with Crippen LogP contribution in [-0.2, 0) is 42.9 Å². The van der Waals surface area contributed by atoms with E-state index in [2.05, 4.69) is 5.32 Å². The first-order chi connectivity index (χ1) is 25.9. The molecule has 5 rings (SSSR count). The third-order valence-corrected chi connectivity index (χ3v) is 12.3. The Kier molecular flexibility index (Phi) is 11.5. The normalized spacial score (nSPS) is 34.9. The number of alkyl carbamates (subject to hydrolysis) is 1. The summed E-state index contributed by atoms with van der Waals surface area (Å²) >= 11 is 0. The molecule has 1 amide bonds. The minimum Gasteiger partial charge on any atom is -0.456 e. The van der Waals surface area contributed by atoms with Crippen LogP contribution in [0.25, 0.3) is 0 Å². The van der Waals surface area contributed by atoms with E-state index in [1.807, 2.05) is 0 Å². The summed E-state index contributed by atoms with van der Waals surface area (Å²) in [6, 6.07) is 6.78. The lowest BCUT2D eigenvalue weighted by atomic mass is 9.44. The lowest BCUT2D eigenvalue weighted by Gasteiger charge is -2.67. The molecule has 15 nitrogen and oxygen atoms in total. The number of esters is 3. The summed E-state index contributed by atoms with van der Waals surface area (Å²) < 4.78 is 29.3. The number of ether oxygens (including phenoxy) is 5. The summed E-state index contributed by atoms with van der Waals surface area (Å²) in [6.07, 6.45) is -9.87. The Balaban J connectivity index is 1.66. The van der Waals surface area contributed by atoms with Crippen molar-refractivity contribution in [3.05, 3.63) is 58.7 Å². The number of nitrogens with one attached hydrogen (secondary N) is 1. The summed E-state index contributed by atoms with van der Waals surface area (Å²) in [6.45, 7) is 14.9. The molecule has 3 fully saturated rings. The average molecular weight is 786 g/mol. The number of aliphatic hydroxyl groups is 4. The van der Waals surface area contributed by atoms with E-state index < -0.39 is 112 Å². The first-order valence-corrected chi connectivity index (χ1v) is 18.8. The molecule has 0 spiro atoms. The molecule has 1 heterocycles. The van der Waals surface area contributed by atoms with Crippen LogP contribution in [0.4, 0.5) is 4.79 Å². The van der Waals surface area contributed by atoms with E-state index >= 15 is 0 Å². The molecular weight excluding hydrogens is 730 g/mol. The molecule has 308 valence electrons. The van der Waals surface area contributed by atoms with E-state index in [0.29, 0.717) is 5.56 Å². The molecular formula is C41H55NO14. The molecule has 4 aliphatic rings. The number of rotatable bonds is 8. The minimum atomic E-state index is -2.33. The molecule has 0 radical (unpaired) electrons. The molecule has 4 unspecified atom stereocenters. The smallest absolute Gasteiger partial charge is 0.408 e. The number of hydrogen-bond acceptors (Lipinski definition) is 14. The van der Waals surface area contributed by atoms with E-state index in [-0.39, 0.29) is 29.7 Å². The minimum absolute atomic E-state index is 0.0563. The Morgan fingerprint density at radius 1 is 1.04 bits per heavy atom. The monoisotopic (exact) mass is 785 g/mol. The van der Waals surface area contributed by atoms with Gasteiger partial charge < -0.3 is 49.4 Å². The van der Waals surface area contributed by atoms with Gasteiger partial charge in [-0.3, -0.25) is 9.59 Å². The molecule has 15 heteroatoms. The maximum atomic E-state index is 14.9. The molecule has 11 atom stereocenters. The van der Waals surface area contributed by atoms with Gasteiger partial charge in [-0.05, 0) is 65.2 Å². The van der Waals surface area contributed by atoms with Crippen molar-refractivity contribution in [2.45, 2.75) is 142 Å². The van der Waals surface area contributed by atoms with Gasteiger partial charge >= 0.3 is 24.0 Å². The second-order valence-electron chi connectivity index (χ2n) is 17.2. The van der Waals surface area contributed by atoms with Gasteiger partial charge in [-0.25, -0.2) is 14.4 Å². The zero-order chi connectivity index (χ0) is 41.9. The van der Waals surface area contributed by atoms with Crippen molar-refractivity contribution < 1.29 is 68.1 Å². The lowest BCUT2D eigenvalue weighted by Crippen LogP contribution is -2.81. The van der Waals surface area contributed by atoms with Crippen molar-refractivity contribution >= 4 is 29.8 Å². The Hall–Kier alpha value is -4.15. The van der Waals surface area contributed by atoms with E-state index in [4.69, 9.17) is 23.7 Å². The number of carbonyl (C=O) groups is 5. The third-order valence-electron chi connectivity index (χ3n) is 12.3. The van der Waals surface area contributed by atoms with Gasteiger partial charge in [0.2, 0.25) is 0 Å². The van der Waals surface area contributed by atoms with Crippen molar-refractivity contribution in [2.24, 2.45) is 16.7 Å². The number of fused-ring (bicyclic) bond motifs is 5. The van der Waals surface area contributed by atoms with Crippen LogP contribution in [0.1, 0.15) is 93.7 Å². The second kappa shape index (κ2) is 15.0. The average Bonchev–Trinajstić information content (AvgIpc) is 3.10. The highest BCUT2D eigenvalue weighted by Crippen LogP contribution is 2.64. The van der Waals surface area contributed by atoms with Crippen molar-refractivity contribution in [2.75, 3.05) is 6.61 Å². The number of benzene rings is 1. The van der Waals surface area contributed by atoms with Crippen LogP contribution in [0.15, 0.2) is 53.1 Å². The fourth-order valence-electron chi connectivity index (χ4n) is 9.13. The molecule has 1 aliphatic heterocycles. The Morgan fingerprint density at radius 2 is 1.66 bits per heavy atom.